The van der Waals surface area contributed by atoms with Crippen LogP contribution in [0.3, 0.4) is 0 Å². The van der Waals surface area contributed by atoms with Crippen LogP contribution in [0.4, 0.5) is 5.95 Å². The minimum Gasteiger partial charge on any atom is -0.497 e. The second-order valence-electron chi connectivity index (χ2n) is 8.07. The molecule has 2 atom stereocenters. The molecular weight excluding hydrogens is 352 g/mol. The van der Waals surface area contributed by atoms with Crippen molar-refractivity contribution in [2.75, 3.05) is 32.2 Å². The first-order valence-corrected chi connectivity index (χ1v) is 10.3. The van der Waals surface area contributed by atoms with E-state index in [1.165, 1.54) is 42.5 Å². The molecule has 0 aliphatic carbocycles. The predicted octanol–water partition coefficient (Wildman–Crippen LogP) is 3.36. The first-order chi connectivity index (χ1) is 13.8. The Bertz CT molecular complexity index is 866. The van der Waals surface area contributed by atoms with E-state index in [1.54, 1.807) is 14.2 Å². The maximum atomic E-state index is 5.61. The summed E-state index contributed by atoms with van der Waals surface area (Å²) in [6, 6.07) is 6.99. The van der Waals surface area contributed by atoms with Crippen LogP contribution in [0.5, 0.6) is 11.5 Å². The van der Waals surface area contributed by atoms with Crippen molar-refractivity contribution >= 4 is 5.95 Å². The molecule has 1 aromatic carbocycles. The molecule has 2 aromatic rings. The van der Waals surface area contributed by atoms with Crippen LogP contribution in [-0.4, -0.2) is 48.2 Å². The van der Waals surface area contributed by atoms with Crippen molar-refractivity contribution in [3.8, 4) is 11.5 Å². The Morgan fingerprint density at radius 1 is 1.11 bits per heavy atom. The van der Waals surface area contributed by atoms with Crippen molar-refractivity contribution in [1.29, 1.82) is 0 Å². The molecule has 0 unspecified atom stereocenters. The zero-order valence-corrected chi connectivity index (χ0v) is 16.7. The number of rotatable bonds is 5. The summed E-state index contributed by atoms with van der Waals surface area (Å²) in [5, 5.41) is 0. The van der Waals surface area contributed by atoms with Crippen molar-refractivity contribution < 1.29 is 9.47 Å². The Kier molecular flexibility index (Phi) is 4.59. The lowest BCUT2D eigenvalue weighted by Crippen LogP contribution is -2.38. The predicted molar refractivity (Wildman–Crippen MR) is 108 cm³/mol. The topological polar surface area (TPSA) is 50.7 Å². The molecule has 0 amide bonds. The Labute approximate surface area is 166 Å². The van der Waals surface area contributed by atoms with E-state index < -0.39 is 0 Å². The second-order valence-corrected chi connectivity index (χ2v) is 8.07. The van der Waals surface area contributed by atoms with Crippen molar-refractivity contribution in [2.45, 2.75) is 50.7 Å². The van der Waals surface area contributed by atoms with Gasteiger partial charge in [0.05, 0.1) is 19.9 Å². The van der Waals surface area contributed by atoms with Crippen LogP contribution < -0.4 is 14.4 Å². The molecule has 4 heterocycles. The molecule has 28 heavy (non-hydrogen) atoms. The zero-order valence-electron chi connectivity index (χ0n) is 16.7. The van der Waals surface area contributed by atoms with Gasteiger partial charge in [0.15, 0.2) is 0 Å². The lowest BCUT2D eigenvalue weighted by molar-refractivity contribution is 0.164. The molecule has 6 nitrogen and oxygen atoms in total. The largest absolute Gasteiger partial charge is 0.497 e. The Morgan fingerprint density at radius 3 is 2.75 bits per heavy atom. The molecule has 2 saturated heterocycles. The summed E-state index contributed by atoms with van der Waals surface area (Å²) in [6.07, 6.45) is 8.01. The first-order valence-electron chi connectivity index (χ1n) is 10.3. The van der Waals surface area contributed by atoms with E-state index in [-0.39, 0.29) is 0 Å². The number of benzene rings is 1. The molecule has 3 aliphatic rings. The highest BCUT2D eigenvalue weighted by atomic mass is 16.5. The summed E-state index contributed by atoms with van der Waals surface area (Å²) in [6.45, 7) is 3.05. The molecule has 6 heteroatoms. The number of hydrogen-bond donors (Lipinski definition) is 0. The highest BCUT2D eigenvalue weighted by Crippen LogP contribution is 2.44. The molecule has 0 saturated carbocycles. The van der Waals surface area contributed by atoms with Gasteiger partial charge in [-0.3, -0.25) is 4.90 Å². The van der Waals surface area contributed by atoms with Gasteiger partial charge in [-0.2, -0.15) is 0 Å². The first kappa shape index (κ1) is 17.7. The van der Waals surface area contributed by atoms with E-state index >= 15 is 0 Å². The van der Waals surface area contributed by atoms with Gasteiger partial charge in [0, 0.05) is 55.5 Å². The van der Waals surface area contributed by atoms with Crippen LogP contribution in [0.1, 0.15) is 48.5 Å². The lowest BCUT2D eigenvalue weighted by atomic mass is 9.98. The van der Waals surface area contributed by atoms with Crippen LogP contribution in [0, 0.1) is 0 Å². The number of nitrogens with zero attached hydrogens (tertiary/aromatic N) is 4. The summed E-state index contributed by atoms with van der Waals surface area (Å²) >= 11 is 0. The summed E-state index contributed by atoms with van der Waals surface area (Å²) in [4.78, 5) is 14.7. The van der Waals surface area contributed by atoms with E-state index in [0.29, 0.717) is 12.1 Å². The zero-order chi connectivity index (χ0) is 19.1. The molecule has 2 fully saturated rings. The third kappa shape index (κ3) is 3.00. The highest BCUT2D eigenvalue weighted by molar-refractivity contribution is 5.42. The fourth-order valence-corrected chi connectivity index (χ4v) is 5.08. The van der Waals surface area contributed by atoms with Gasteiger partial charge >= 0.3 is 0 Å². The van der Waals surface area contributed by atoms with E-state index in [0.717, 1.165) is 43.5 Å². The average Bonchev–Trinajstić information content (AvgIpc) is 3.35. The van der Waals surface area contributed by atoms with Crippen LogP contribution >= 0.6 is 0 Å². The van der Waals surface area contributed by atoms with Crippen molar-refractivity contribution in [3.63, 3.8) is 0 Å². The average molecular weight is 380 g/mol. The Balaban J connectivity index is 1.42. The normalized spacial score (nSPS) is 23.7. The van der Waals surface area contributed by atoms with Crippen molar-refractivity contribution in [2.24, 2.45) is 0 Å². The number of methoxy groups -OCH3 is 2. The van der Waals surface area contributed by atoms with Gasteiger partial charge in [-0.15, -0.1) is 0 Å². The van der Waals surface area contributed by atoms with Gasteiger partial charge in [0.25, 0.3) is 0 Å². The van der Waals surface area contributed by atoms with Crippen molar-refractivity contribution in [3.05, 3.63) is 41.2 Å². The third-order valence-corrected chi connectivity index (χ3v) is 6.55. The molecule has 0 radical (unpaired) electrons. The molecule has 5 rings (SSSR count). The van der Waals surface area contributed by atoms with E-state index in [1.807, 2.05) is 12.1 Å². The van der Waals surface area contributed by atoms with Gasteiger partial charge in [0.1, 0.15) is 11.5 Å². The number of aromatic nitrogens is 2. The van der Waals surface area contributed by atoms with Crippen LogP contribution in [0.25, 0.3) is 0 Å². The maximum absolute atomic E-state index is 5.61. The number of hydrogen-bond acceptors (Lipinski definition) is 6. The fourth-order valence-electron chi connectivity index (χ4n) is 5.08. The second kappa shape index (κ2) is 7.24. The molecule has 148 valence electrons. The molecule has 0 N–H and O–H groups in total. The summed E-state index contributed by atoms with van der Waals surface area (Å²) in [5.41, 5.74) is 3.76. The van der Waals surface area contributed by atoms with Gasteiger partial charge < -0.3 is 14.4 Å². The smallest absolute Gasteiger partial charge is 0.225 e. The minimum atomic E-state index is 0.400. The molecule has 3 aliphatic heterocycles. The van der Waals surface area contributed by atoms with Gasteiger partial charge in [-0.1, -0.05) is 0 Å². The number of fused-ring (bicyclic) bond motifs is 4. The summed E-state index contributed by atoms with van der Waals surface area (Å²) in [5.74, 6) is 2.73. The summed E-state index contributed by atoms with van der Waals surface area (Å²) in [7, 11) is 3.45. The monoisotopic (exact) mass is 380 g/mol. The standard InChI is InChI=1S/C22H28N4O2/c1-27-17-6-8-21(28-2)15(11-17)14-26-16-5-7-20(26)18-13-23-22(24-19(18)12-16)25-9-3-4-10-25/h6,8,11,13,16,20H,3-5,7,9-10,12,14H2,1-2H3/t16-,20-/m1/s1. The summed E-state index contributed by atoms with van der Waals surface area (Å²) < 4.78 is 11.0. The molecular formula is C22H28N4O2. The van der Waals surface area contributed by atoms with Gasteiger partial charge in [-0.05, 0) is 43.9 Å². The Hall–Kier alpha value is -2.34. The maximum Gasteiger partial charge on any atom is 0.225 e. The lowest BCUT2D eigenvalue weighted by Gasteiger charge is -2.36. The fraction of sp³-hybridized carbons (Fsp3) is 0.545. The molecule has 1 aromatic heterocycles. The molecule has 0 spiro atoms. The van der Waals surface area contributed by atoms with Gasteiger partial charge in [0.2, 0.25) is 5.95 Å². The highest BCUT2D eigenvalue weighted by Gasteiger charge is 2.41. The quantitative estimate of drug-likeness (QED) is 0.793. The SMILES string of the molecule is COc1ccc(OC)c(CN2[C@@H]3CC[C@@H]2c2cnc(N4CCCC4)nc2C3)c1. The van der Waals surface area contributed by atoms with E-state index in [2.05, 4.69) is 22.1 Å². The number of anilines is 1. The van der Waals surface area contributed by atoms with Crippen LogP contribution in [-0.2, 0) is 13.0 Å². The third-order valence-electron chi connectivity index (χ3n) is 6.55. The van der Waals surface area contributed by atoms with Gasteiger partial charge in [-0.25, -0.2) is 9.97 Å². The van der Waals surface area contributed by atoms with Crippen LogP contribution in [0.15, 0.2) is 24.4 Å². The van der Waals surface area contributed by atoms with Crippen LogP contribution in [0.2, 0.25) is 0 Å². The Morgan fingerprint density at radius 2 is 1.96 bits per heavy atom. The molecule has 2 bridgehead atoms. The number of ether oxygens (including phenoxy) is 2. The van der Waals surface area contributed by atoms with E-state index in [4.69, 9.17) is 19.4 Å². The van der Waals surface area contributed by atoms with E-state index in [9.17, 15) is 0 Å². The minimum absolute atomic E-state index is 0.400. The van der Waals surface area contributed by atoms with Crippen molar-refractivity contribution in [1.82, 2.24) is 14.9 Å².